The molecule has 0 aliphatic carbocycles. The average molecular weight is 463 g/mol. The molecule has 8 nitrogen and oxygen atoms in total. The standard InChI is InChI=1S/C21H23ClN4O4S/c1-3-12-26(13-4-2)31(28,29)18-10-8-15(9-11-18)19(27)23-21-25-24-20(30-21)16-6-5-7-17(22)14-16/h5-11,14H,3-4,12-13H2,1-2H3,(H,23,25,27). The maximum Gasteiger partial charge on any atom is 0.322 e. The summed E-state index contributed by atoms with van der Waals surface area (Å²) < 4.78 is 32.6. The van der Waals surface area contributed by atoms with Gasteiger partial charge in [0.1, 0.15) is 0 Å². The summed E-state index contributed by atoms with van der Waals surface area (Å²) in [5, 5.41) is 10.7. The van der Waals surface area contributed by atoms with Crippen LogP contribution in [0.25, 0.3) is 11.5 Å². The predicted octanol–water partition coefficient (Wildman–Crippen LogP) is 4.45. The second-order valence-electron chi connectivity index (χ2n) is 6.81. The highest BCUT2D eigenvalue weighted by molar-refractivity contribution is 7.89. The number of carbonyl (C=O) groups is 1. The Bertz CT molecular complexity index is 1140. The lowest BCUT2D eigenvalue weighted by Gasteiger charge is -2.21. The number of rotatable bonds is 9. The lowest BCUT2D eigenvalue weighted by Crippen LogP contribution is -2.32. The van der Waals surface area contributed by atoms with Gasteiger partial charge in [0.05, 0.1) is 4.90 Å². The quantitative estimate of drug-likeness (QED) is 0.503. The van der Waals surface area contributed by atoms with Crippen molar-refractivity contribution in [2.75, 3.05) is 18.4 Å². The van der Waals surface area contributed by atoms with E-state index >= 15 is 0 Å². The summed E-state index contributed by atoms with van der Waals surface area (Å²) in [7, 11) is -3.61. The molecule has 10 heteroatoms. The Hall–Kier alpha value is -2.75. The SMILES string of the molecule is CCCN(CCC)S(=O)(=O)c1ccc(C(=O)Nc2nnc(-c3cccc(Cl)c3)o2)cc1. The van der Waals surface area contributed by atoms with Gasteiger partial charge in [0.2, 0.25) is 15.9 Å². The van der Waals surface area contributed by atoms with Gasteiger partial charge in [-0.05, 0) is 55.3 Å². The minimum absolute atomic E-state index is 0.0752. The van der Waals surface area contributed by atoms with E-state index in [1.54, 1.807) is 24.3 Å². The van der Waals surface area contributed by atoms with Crippen LogP contribution in [0.15, 0.2) is 57.8 Å². The predicted molar refractivity (Wildman–Crippen MR) is 118 cm³/mol. The second-order valence-corrected chi connectivity index (χ2v) is 9.18. The minimum Gasteiger partial charge on any atom is -0.403 e. The Kier molecular flexibility index (Phi) is 7.42. The van der Waals surface area contributed by atoms with Crippen molar-refractivity contribution in [3.05, 3.63) is 59.1 Å². The molecule has 0 unspecified atom stereocenters. The molecule has 164 valence electrons. The first-order valence-electron chi connectivity index (χ1n) is 9.86. The molecule has 0 aliphatic heterocycles. The molecule has 0 aliphatic rings. The molecule has 0 radical (unpaired) electrons. The van der Waals surface area contributed by atoms with Gasteiger partial charge in [-0.15, -0.1) is 5.10 Å². The number of halogens is 1. The molecule has 1 aromatic heterocycles. The topological polar surface area (TPSA) is 105 Å². The number of hydrogen-bond donors (Lipinski definition) is 1. The molecule has 1 heterocycles. The lowest BCUT2D eigenvalue weighted by atomic mass is 10.2. The monoisotopic (exact) mass is 462 g/mol. The van der Waals surface area contributed by atoms with Crippen molar-refractivity contribution in [3.63, 3.8) is 0 Å². The van der Waals surface area contributed by atoms with Crippen LogP contribution in [0, 0.1) is 0 Å². The fourth-order valence-electron chi connectivity index (χ4n) is 2.96. The normalized spacial score (nSPS) is 11.6. The summed E-state index contributed by atoms with van der Waals surface area (Å²) in [5.74, 6) is -0.282. The molecule has 0 atom stereocenters. The number of amides is 1. The van der Waals surface area contributed by atoms with Crippen molar-refractivity contribution in [3.8, 4) is 11.5 Å². The van der Waals surface area contributed by atoms with Gasteiger partial charge >= 0.3 is 6.01 Å². The van der Waals surface area contributed by atoms with Gasteiger partial charge in [0.25, 0.3) is 5.91 Å². The summed E-state index contributed by atoms with van der Waals surface area (Å²) in [6, 6.07) is 12.6. The van der Waals surface area contributed by atoms with Crippen LogP contribution in [-0.4, -0.2) is 41.9 Å². The van der Waals surface area contributed by atoms with E-state index in [0.29, 0.717) is 23.7 Å². The third kappa shape index (κ3) is 5.49. The van der Waals surface area contributed by atoms with E-state index in [0.717, 1.165) is 12.8 Å². The van der Waals surface area contributed by atoms with E-state index in [1.807, 2.05) is 13.8 Å². The van der Waals surface area contributed by atoms with Crippen LogP contribution in [0.3, 0.4) is 0 Å². The zero-order chi connectivity index (χ0) is 22.4. The van der Waals surface area contributed by atoms with E-state index in [9.17, 15) is 13.2 Å². The van der Waals surface area contributed by atoms with Gasteiger partial charge in [-0.2, -0.15) is 4.31 Å². The van der Waals surface area contributed by atoms with Crippen LogP contribution in [-0.2, 0) is 10.0 Å². The molecule has 1 amide bonds. The Balaban J connectivity index is 1.72. The first-order valence-corrected chi connectivity index (χ1v) is 11.7. The van der Waals surface area contributed by atoms with Crippen molar-refractivity contribution in [1.29, 1.82) is 0 Å². The van der Waals surface area contributed by atoms with Gasteiger partial charge in [-0.1, -0.05) is 36.6 Å². The van der Waals surface area contributed by atoms with Gasteiger partial charge in [-0.3, -0.25) is 10.1 Å². The molecule has 0 saturated carbocycles. The van der Waals surface area contributed by atoms with Crippen LogP contribution >= 0.6 is 11.6 Å². The van der Waals surface area contributed by atoms with E-state index in [2.05, 4.69) is 15.5 Å². The van der Waals surface area contributed by atoms with Gasteiger partial charge in [0.15, 0.2) is 0 Å². The number of aromatic nitrogens is 2. The van der Waals surface area contributed by atoms with Crippen LogP contribution in [0.2, 0.25) is 5.02 Å². The summed E-state index contributed by atoms with van der Waals surface area (Å²) in [4.78, 5) is 12.6. The highest BCUT2D eigenvalue weighted by Crippen LogP contribution is 2.23. The molecule has 0 fully saturated rings. The number of nitrogens with one attached hydrogen (secondary N) is 1. The van der Waals surface area contributed by atoms with Gasteiger partial charge in [-0.25, -0.2) is 8.42 Å². The van der Waals surface area contributed by atoms with Crippen molar-refractivity contribution < 1.29 is 17.6 Å². The van der Waals surface area contributed by atoms with Gasteiger partial charge < -0.3 is 4.42 Å². The third-order valence-corrected chi connectivity index (χ3v) is 6.57. The second kappa shape index (κ2) is 10.0. The summed E-state index contributed by atoms with van der Waals surface area (Å²) in [6.45, 7) is 4.76. The van der Waals surface area contributed by atoms with Crippen molar-refractivity contribution in [2.24, 2.45) is 0 Å². The molecule has 31 heavy (non-hydrogen) atoms. The smallest absolute Gasteiger partial charge is 0.322 e. The lowest BCUT2D eigenvalue weighted by molar-refractivity contribution is 0.102. The Labute approximate surface area is 186 Å². The number of anilines is 1. The van der Waals surface area contributed by atoms with E-state index in [4.69, 9.17) is 16.0 Å². The van der Waals surface area contributed by atoms with Crippen molar-refractivity contribution >= 4 is 33.5 Å². The maximum atomic E-state index is 12.8. The number of sulfonamides is 1. The Morgan fingerprint density at radius 1 is 1.06 bits per heavy atom. The summed E-state index contributed by atoms with van der Waals surface area (Å²) >= 11 is 5.96. The maximum absolute atomic E-state index is 12.8. The third-order valence-electron chi connectivity index (χ3n) is 4.42. The zero-order valence-electron chi connectivity index (χ0n) is 17.2. The summed E-state index contributed by atoms with van der Waals surface area (Å²) in [5.41, 5.74) is 0.887. The van der Waals surface area contributed by atoms with E-state index in [-0.39, 0.29) is 22.4 Å². The van der Waals surface area contributed by atoms with Crippen LogP contribution in [0.1, 0.15) is 37.0 Å². The van der Waals surface area contributed by atoms with Crippen LogP contribution < -0.4 is 5.32 Å². The number of hydrogen-bond acceptors (Lipinski definition) is 6. The molecule has 3 aromatic rings. The fourth-order valence-corrected chi connectivity index (χ4v) is 4.77. The number of carbonyl (C=O) groups excluding carboxylic acids is 1. The van der Waals surface area contributed by atoms with Gasteiger partial charge in [0, 0.05) is 29.2 Å². The first-order chi connectivity index (χ1) is 14.8. The molecular weight excluding hydrogens is 440 g/mol. The molecule has 1 N–H and O–H groups in total. The molecule has 0 spiro atoms. The number of benzene rings is 2. The molecular formula is C21H23ClN4O4S. The van der Waals surface area contributed by atoms with E-state index < -0.39 is 15.9 Å². The zero-order valence-corrected chi connectivity index (χ0v) is 18.8. The highest BCUT2D eigenvalue weighted by atomic mass is 35.5. The first kappa shape index (κ1) is 22.9. The minimum atomic E-state index is -3.61. The number of nitrogens with zero attached hydrogens (tertiary/aromatic N) is 3. The van der Waals surface area contributed by atoms with Crippen molar-refractivity contribution in [2.45, 2.75) is 31.6 Å². The molecule has 0 bridgehead atoms. The van der Waals surface area contributed by atoms with Crippen molar-refractivity contribution in [1.82, 2.24) is 14.5 Å². The Morgan fingerprint density at radius 2 is 1.74 bits per heavy atom. The largest absolute Gasteiger partial charge is 0.403 e. The van der Waals surface area contributed by atoms with Crippen LogP contribution in [0.4, 0.5) is 6.01 Å². The molecule has 2 aromatic carbocycles. The average Bonchev–Trinajstić information content (AvgIpc) is 3.22. The fraction of sp³-hybridized carbons (Fsp3) is 0.286. The molecule has 0 saturated heterocycles. The van der Waals surface area contributed by atoms with Crippen LogP contribution in [0.5, 0.6) is 0 Å². The Morgan fingerprint density at radius 3 is 2.35 bits per heavy atom. The van der Waals surface area contributed by atoms with E-state index in [1.165, 1.54) is 28.6 Å². The summed E-state index contributed by atoms with van der Waals surface area (Å²) in [6.07, 6.45) is 1.45. The highest BCUT2D eigenvalue weighted by Gasteiger charge is 2.23. The molecule has 3 rings (SSSR count).